The predicted octanol–water partition coefficient (Wildman–Crippen LogP) is 1.95. The van der Waals surface area contributed by atoms with Crippen LogP contribution in [0.2, 0.25) is 0 Å². The zero-order valence-electron chi connectivity index (χ0n) is 8.92. The number of benzene rings is 1. The molecule has 80 valence electrons. The van der Waals surface area contributed by atoms with E-state index in [1.165, 1.54) is 0 Å². The molecular weight excluding hydrogens is 202 g/mol. The van der Waals surface area contributed by atoms with E-state index in [4.69, 9.17) is 10.00 Å². The summed E-state index contributed by atoms with van der Waals surface area (Å²) in [4.78, 5) is 0. The molecule has 1 aromatic heterocycles. The van der Waals surface area contributed by atoms with Crippen LogP contribution >= 0.6 is 0 Å². The maximum atomic E-state index is 8.56. The number of methoxy groups -OCH3 is 1. The van der Waals surface area contributed by atoms with Crippen LogP contribution in [0.5, 0.6) is 5.75 Å². The van der Waals surface area contributed by atoms with E-state index < -0.39 is 0 Å². The van der Waals surface area contributed by atoms with Crippen molar-refractivity contribution >= 4 is 0 Å². The smallest absolute Gasteiger partial charge is 0.121 e. The van der Waals surface area contributed by atoms with Gasteiger partial charge < -0.3 is 4.74 Å². The SMILES string of the molecule is COc1cccc(-n2ccc(CC#N)n2)c1. The normalized spacial score (nSPS) is 9.75. The second kappa shape index (κ2) is 4.49. The van der Waals surface area contributed by atoms with Gasteiger partial charge in [0, 0.05) is 12.3 Å². The molecule has 0 saturated heterocycles. The maximum absolute atomic E-state index is 8.56. The molecule has 0 atom stereocenters. The Hall–Kier alpha value is -2.28. The molecule has 1 aromatic carbocycles. The highest BCUT2D eigenvalue weighted by Crippen LogP contribution is 2.15. The van der Waals surface area contributed by atoms with Gasteiger partial charge in [0.05, 0.1) is 31.0 Å². The molecule has 1 heterocycles. The standard InChI is InChI=1S/C12H11N3O/c1-16-12-4-2-3-11(9-12)15-8-6-10(14-15)5-7-13/h2-4,6,8-9H,5H2,1H3. The number of nitrogens with zero attached hydrogens (tertiary/aromatic N) is 3. The van der Waals surface area contributed by atoms with Gasteiger partial charge in [0.15, 0.2) is 0 Å². The average molecular weight is 213 g/mol. The zero-order valence-corrected chi connectivity index (χ0v) is 8.92. The molecule has 0 unspecified atom stereocenters. The largest absolute Gasteiger partial charge is 0.497 e. The lowest BCUT2D eigenvalue weighted by molar-refractivity contribution is 0.414. The molecule has 0 aliphatic heterocycles. The topological polar surface area (TPSA) is 50.8 Å². The Labute approximate surface area is 93.7 Å². The molecule has 0 fully saturated rings. The van der Waals surface area contributed by atoms with E-state index in [0.717, 1.165) is 17.1 Å². The summed E-state index contributed by atoms with van der Waals surface area (Å²) >= 11 is 0. The third-order valence-electron chi connectivity index (χ3n) is 2.22. The van der Waals surface area contributed by atoms with Crippen LogP contribution in [0.15, 0.2) is 36.5 Å². The van der Waals surface area contributed by atoms with Gasteiger partial charge in [-0.2, -0.15) is 10.4 Å². The van der Waals surface area contributed by atoms with Crippen molar-refractivity contribution < 1.29 is 4.74 Å². The number of rotatable bonds is 3. The zero-order chi connectivity index (χ0) is 11.4. The van der Waals surface area contributed by atoms with Crippen LogP contribution < -0.4 is 4.74 Å². The molecule has 0 aliphatic rings. The van der Waals surface area contributed by atoms with E-state index in [1.54, 1.807) is 11.8 Å². The Morgan fingerprint density at radius 1 is 1.44 bits per heavy atom. The lowest BCUT2D eigenvalue weighted by Gasteiger charge is -2.03. The van der Waals surface area contributed by atoms with Crippen LogP contribution in [0.1, 0.15) is 5.69 Å². The van der Waals surface area contributed by atoms with E-state index in [0.29, 0.717) is 6.42 Å². The van der Waals surface area contributed by atoms with Crippen molar-refractivity contribution in [1.29, 1.82) is 5.26 Å². The van der Waals surface area contributed by atoms with Gasteiger partial charge in [0.2, 0.25) is 0 Å². The van der Waals surface area contributed by atoms with Gasteiger partial charge in [-0.1, -0.05) is 6.07 Å². The quantitative estimate of drug-likeness (QED) is 0.783. The summed E-state index contributed by atoms with van der Waals surface area (Å²) < 4.78 is 6.87. The summed E-state index contributed by atoms with van der Waals surface area (Å²) in [5.74, 6) is 0.787. The van der Waals surface area contributed by atoms with Gasteiger partial charge in [-0.15, -0.1) is 0 Å². The summed E-state index contributed by atoms with van der Waals surface area (Å²) in [6, 6.07) is 11.5. The Bertz CT molecular complexity index is 525. The van der Waals surface area contributed by atoms with E-state index in [2.05, 4.69) is 11.2 Å². The highest BCUT2D eigenvalue weighted by Gasteiger charge is 2.01. The van der Waals surface area contributed by atoms with Crippen molar-refractivity contribution in [2.24, 2.45) is 0 Å². The van der Waals surface area contributed by atoms with Crippen LogP contribution in [0.4, 0.5) is 0 Å². The molecule has 0 N–H and O–H groups in total. The monoisotopic (exact) mass is 213 g/mol. The number of hydrogen-bond donors (Lipinski definition) is 0. The van der Waals surface area contributed by atoms with Crippen molar-refractivity contribution in [3.8, 4) is 17.5 Å². The molecule has 4 nitrogen and oxygen atoms in total. The minimum atomic E-state index is 0.330. The van der Waals surface area contributed by atoms with Crippen LogP contribution in [0, 0.1) is 11.3 Å². The summed E-state index contributed by atoms with van der Waals surface area (Å²) in [7, 11) is 1.63. The first-order valence-electron chi connectivity index (χ1n) is 4.89. The minimum Gasteiger partial charge on any atom is -0.497 e. The number of hydrogen-bond acceptors (Lipinski definition) is 3. The highest BCUT2D eigenvalue weighted by atomic mass is 16.5. The average Bonchev–Trinajstić information content (AvgIpc) is 2.78. The minimum absolute atomic E-state index is 0.330. The molecule has 0 amide bonds. The molecule has 0 spiro atoms. The number of nitriles is 1. The Balaban J connectivity index is 2.31. The molecule has 2 rings (SSSR count). The molecule has 2 aromatic rings. The fraction of sp³-hybridized carbons (Fsp3) is 0.167. The summed E-state index contributed by atoms with van der Waals surface area (Å²) in [5, 5.41) is 12.8. The Kier molecular flexibility index (Phi) is 2.88. The number of aromatic nitrogens is 2. The van der Waals surface area contributed by atoms with Crippen LogP contribution in [0.25, 0.3) is 5.69 Å². The van der Waals surface area contributed by atoms with Crippen molar-refractivity contribution in [3.63, 3.8) is 0 Å². The Morgan fingerprint density at radius 3 is 3.06 bits per heavy atom. The molecule has 0 saturated carbocycles. The van der Waals surface area contributed by atoms with Crippen molar-refractivity contribution in [2.75, 3.05) is 7.11 Å². The van der Waals surface area contributed by atoms with Crippen molar-refractivity contribution in [1.82, 2.24) is 9.78 Å². The van der Waals surface area contributed by atoms with Crippen LogP contribution in [-0.4, -0.2) is 16.9 Å². The third kappa shape index (κ3) is 2.04. The van der Waals surface area contributed by atoms with E-state index in [9.17, 15) is 0 Å². The van der Waals surface area contributed by atoms with Crippen molar-refractivity contribution in [2.45, 2.75) is 6.42 Å². The summed E-state index contributed by atoms with van der Waals surface area (Å²) in [6.45, 7) is 0. The van der Waals surface area contributed by atoms with Crippen LogP contribution in [-0.2, 0) is 6.42 Å². The Morgan fingerprint density at radius 2 is 2.31 bits per heavy atom. The van der Waals surface area contributed by atoms with E-state index in [-0.39, 0.29) is 0 Å². The third-order valence-corrected chi connectivity index (χ3v) is 2.22. The second-order valence-corrected chi connectivity index (χ2v) is 3.29. The molecular formula is C12H11N3O. The van der Waals surface area contributed by atoms with Crippen molar-refractivity contribution in [3.05, 3.63) is 42.2 Å². The van der Waals surface area contributed by atoms with Gasteiger partial charge in [-0.3, -0.25) is 0 Å². The molecule has 0 radical (unpaired) electrons. The molecule has 0 aliphatic carbocycles. The first-order chi connectivity index (χ1) is 7.83. The van der Waals surface area contributed by atoms with Gasteiger partial charge in [0.25, 0.3) is 0 Å². The summed E-state index contributed by atoms with van der Waals surface area (Å²) in [6.07, 6.45) is 2.17. The van der Waals surface area contributed by atoms with E-state index >= 15 is 0 Å². The fourth-order valence-electron chi connectivity index (χ4n) is 1.43. The first kappa shape index (κ1) is 10.2. The number of ether oxygens (including phenoxy) is 1. The molecule has 0 bridgehead atoms. The van der Waals surface area contributed by atoms with Gasteiger partial charge in [-0.25, -0.2) is 4.68 Å². The highest BCUT2D eigenvalue weighted by molar-refractivity contribution is 5.38. The molecule has 16 heavy (non-hydrogen) atoms. The second-order valence-electron chi connectivity index (χ2n) is 3.29. The fourth-order valence-corrected chi connectivity index (χ4v) is 1.43. The lowest BCUT2D eigenvalue weighted by atomic mass is 10.3. The van der Waals surface area contributed by atoms with Gasteiger partial charge in [0.1, 0.15) is 5.75 Å². The lowest BCUT2D eigenvalue weighted by Crippen LogP contribution is -1.96. The first-order valence-corrected chi connectivity index (χ1v) is 4.89. The van der Waals surface area contributed by atoms with Gasteiger partial charge in [-0.05, 0) is 18.2 Å². The maximum Gasteiger partial charge on any atom is 0.121 e. The predicted molar refractivity (Wildman–Crippen MR) is 59.4 cm³/mol. The summed E-state index contributed by atoms with van der Waals surface area (Å²) in [5.41, 5.74) is 1.69. The van der Waals surface area contributed by atoms with Crippen LogP contribution in [0.3, 0.4) is 0 Å². The van der Waals surface area contributed by atoms with Gasteiger partial charge >= 0.3 is 0 Å². The molecule has 4 heteroatoms. The van der Waals surface area contributed by atoms with E-state index in [1.807, 2.05) is 36.5 Å².